The van der Waals surface area contributed by atoms with Gasteiger partial charge >= 0.3 is 6.18 Å². The van der Waals surface area contributed by atoms with Crippen molar-refractivity contribution in [3.8, 4) is 0 Å². The predicted molar refractivity (Wildman–Crippen MR) is 127 cm³/mol. The molecule has 0 unspecified atom stereocenters. The Kier molecular flexibility index (Phi) is 9.38. The van der Waals surface area contributed by atoms with E-state index in [0.717, 1.165) is 50.1 Å². The summed E-state index contributed by atoms with van der Waals surface area (Å²) in [5.74, 6) is 0.516. The van der Waals surface area contributed by atoms with Gasteiger partial charge in [0.2, 0.25) is 5.91 Å². The van der Waals surface area contributed by atoms with Crippen molar-refractivity contribution in [1.29, 1.82) is 0 Å². The molecule has 1 saturated heterocycles. The van der Waals surface area contributed by atoms with Gasteiger partial charge in [-0.15, -0.1) is 0 Å². The van der Waals surface area contributed by atoms with Crippen molar-refractivity contribution in [3.05, 3.63) is 41.5 Å². The highest BCUT2D eigenvalue weighted by Crippen LogP contribution is 2.31. The minimum Gasteiger partial charge on any atom is -0.353 e. The fourth-order valence-electron chi connectivity index (χ4n) is 5.29. The van der Waals surface area contributed by atoms with Crippen LogP contribution in [0.15, 0.2) is 30.3 Å². The Balaban J connectivity index is 1.32. The second kappa shape index (κ2) is 12.0. The average Bonchev–Trinajstić information content (AvgIpc) is 2.80. The van der Waals surface area contributed by atoms with Crippen LogP contribution in [-0.4, -0.2) is 61.0 Å². The molecule has 2 atom stereocenters. The number of piperidine rings is 1. The molecule has 2 aliphatic rings. The lowest BCUT2D eigenvalue weighted by atomic mass is 9.84. The van der Waals surface area contributed by atoms with Gasteiger partial charge in [-0.3, -0.25) is 4.79 Å². The monoisotopic (exact) mass is 465 g/mol. The predicted octanol–water partition coefficient (Wildman–Crippen LogP) is 5.20. The standard InChI is InChI=1S/C26H38F3N3O/c1-20-7-3-4-10-24(20)31(2)23-13-17-32(18-14-23)16-6-15-30-25(33)12-11-21-8-5-9-22(19-21)26(27,28)29/h5,8-9,11-12,19-20,23-24H,3-4,6-7,10,13-18H2,1-2H3,(H,30,33)/b12-11+/t20-,24+/m0/s1. The van der Waals surface area contributed by atoms with Gasteiger partial charge in [-0.05, 0) is 88.5 Å². The number of hydrogen-bond acceptors (Lipinski definition) is 3. The third-order valence-corrected chi connectivity index (χ3v) is 7.31. The lowest BCUT2D eigenvalue weighted by Gasteiger charge is -2.44. The number of hydrogen-bond donors (Lipinski definition) is 1. The maximum atomic E-state index is 12.8. The first-order valence-electron chi connectivity index (χ1n) is 12.3. The first-order chi connectivity index (χ1) is 15.7. The minimum absolute atomic E-state index is 0.283. The number of carbonyl (C=O) groups is 1. The number of amides is 1. The quantitative estimate of drug-likeness (QED) is 0.423. The maximum Gasteiger partial charge on any atom is 0.416 e. The van der Waals surface area contributed by atoms with Gasteiger partial charge in [0.05, 0.1) is 5.56 Å². The van der Waals surface area contributed by atoms with Gasteiger partial charge in [-0.2, -0.15) is 13.2 Å². The lowest BCUT2D eigenvalue weighted by Crippen LogP contribution is -2.50. The van der Waals surface area contributed by atoms with Crippen molar-refractivity contribution < 1.29 is 18.0 Å². The maximum absolute atomic E-state index is 12.8. The number of nitrogens with one attached hydrogen (secondary N) is 1. The molecule has 4 nitrogen and oxygen atoms in total. The van der Waals surface area contributed by atoms with E-state index in [9.17, 15) is 18.0 Å². The van der Waals surface area contributed by atoms with E-state index in [0.29, 0.717) is 18.2 Å². The fourth-order valence-corrected chi connectivity index (χ4v) is 5.29. The Morgan fingerprint density at radius 2 is 1.91 bits per heavy atom. The smallest absolute Gasteiger partial charge is 0.353 e. The molecule has 1 amide bonds. The van der Waals surface area contributed by atoms with Crippen LogP contribution in [0.2, 0.25) is 0 Å². The van der Waals surface area contributed by atoms with Crippen LogP contribution in [-0.2, 0) is 11.0 Å². The van der Waals surface area contributed by atoms with E-state index in [2.05, 4.69) is 29.1 Å². The second-order valence-electron chi connectivity index (χ2n) is 9.67. The number of likely N-dealkylation sites (tertiary alicyclic amines) is 1. The molecule has 33 heavy (non-hydrogen) atoms. The molecular weight excluding hydrogens is 427 g/mol. The summed E-state index contributed by atoms with van der Waals surface area (Å²) >= 11 is 0. The average molecular weight is 466 g/mol. The van der Waals surface area contributed by atoms with E-state index in [1.807, 2.05) is 0 Å². The molecule has 1 heterocycles. The van der Waals surface area contributed by atoms with Crippen LogP contribution in [0, 0.1) is 5.92 Å². The highest BCUT2D eigenvalue weighted by molar-refractivity contribution is 5.91. The van der Waals surface area contributed by atoms with Crippen LogP contribution >= 0.6 is 0 Å². The molecule has 1 aliphatic heterocycles. The van der Waals surface area contributed by atoms with E-state index in [1.165, 1.54) is 56.7 Å². The summed E-state index contributed by atoms with van der Waals surface area (Å²) in [6.45, 7) is 6.11. The third-order valence-electron chi connectivity index (χ3n) is 7.31. The molecule has 1 aromatic carbocycles. The zero-order valence-electron chi connectivity index (χ0n) is 19.9. The van der Waals surface area contributed by atoms with Crippen LogP contribution in [0.1, 0.15) is 63.0 Å². The summed E-state index contributed by atoms with van der Waals surface area (Å²) in [5, 5.41) is 2.83. The highest BCUT2D eigenvalue weighted by Gasteiger charge is 2.31. The Morgan fingerprint density at radius 1 is 1.18 bits per heavy atom. The number of alkyl halides is 3. The van der Waals surface area contributed by atoms with E-state index in [4.69, 9.17) is 0 Å². The van der Waals surface area contributed by atoms with E-state index < -0.39 is 11.7 Å². The summed E-state index contributed by atoms with van der Waals surface area (Å²) in [6.07, 6.45) is 7.02. The van der Waals surface area contributed by atoms with E-state index in [-0.39, 0.29) is 5.91 Å². The Hall–Kier alpha value is -1.86. The van der Waals surface area contributed by atoms with E-state index in [1.54, 1.807) is 6.07 Å². The van der Waals surface area contributed by atoms with Crippen molar-refractivity contribution in [3.63, 3.8) is 0 Å². The Bertz CT molecular complexity index is 787. The topological polar surface area (TPSA) is 35.6 Å². The van der Waals surface area contributed by atoms with Gasteiger partial charge < -0.3 is 15.1 Å². The zero-order chi connectivity index (χ0) is 23.8. The molecule has 0 spiro atoms. The number of rotatable bonds is 8. The summed E-state index contributed by atoms with van der Waals surface area (Å²) < 4.78 is 38.3. The molecule has 0 aromatic heterocycles. The molecule has 0 bridgehead atoms. The van der Waals surface area contributed by atoms with Crippen LogP contribution in [0.3, 0.4) is 0 Å². The van der Waals surface area contributed by atoms with Gasteiger partial charge in [0.1, 0.15) is 0 Å². The van der Waals surface area contributed by atoms with E-state index >= 15 is 0 Å². The molecular formula is C26H38F3N3O. The number of benzene rings is 1. The molecule has 7 heteroatoms. The fraction of sp³-hybridized carbons (Fsp3) is 0.654. The van der Waals surface area contributed by atoms with Crippen LogP contribution in [0.5, 0.6) is 0 Å². The molecule has 2 fully saturated rings. The molecule has 1 aromatic rings. The van der Waals surface area contributed by atoms with Gasteiger partial charge in [0.25, 0.3) is 0 Å². The SMILES string of the molecule is C[C@H]1CCCC[C@H]1N(C)C1CCN(CCCNC(=O)/C=C/c2cccc(C(F)(F)F)c2)CC1. The van der Waals surface area contributed by atoms with Crippen molar-refractivity contribution >= 4 is 12.0 Å². The minimum atomic E-state index is -4.38. The van der Waals surface area contributed by atoms with Crippen molar-refractivity contribution in [2.75, 3.05) is 33.2 Å². The molecule has 3 rings (SSSR count). The second-order valence-corrected chi connectivity index (χ2v) is 9.67. The number of halogens is 3. The largest absolute Gasteiger partial charge is 0.416 e. The molecule has 1 N–H and O–H groups in total. The summed E-state index contributed by atoms with van der Waals surface area (Å²) in [6, 6.07) is 6.36. The summed E-state index contributed by atoms with van der Waals surface area (Å²) in [5.41, 5.74) is -0.358. The van der Waals surface area contributed by atoms with Gasteiger partial charge in [0, 0.05) is 24.7 Å². The third kappa shape index (κ3) is 7.85. The summed E-state index contributed by atoms with van der Waals surface area (Å²) in [4.78, 5) is 17.1. The number of carbonyl (C=O) groups excluding carboxylic acids is 1. The molecule has 1 aliphatic carbocycles. The molecule has 184 valence electrons. The molecule has 0 radical (unpaired) electrons. The van der Waals surface area contributed by atoms with Gasteiger partial charge in [-0.1, -0.05) is 31.9 Å². The van der Waals surface area contributed by atoms with Crippen molar-refractivity contribution in [1.82, 2.24) is 15.1 Å². The first kappa shape index (κ1) is 25.8. The molecule has 1 saturated carbocycles. The zero-order valence-corrected chi connectivity index (χ0v) is 19.9. The normalized spacial score (nSPS) is 23.3. The van der Waals surface area contributed by atoms with Crippen molar-refractivity contribution in [2.24, 2.45) is 5.92 Å². The van der Waals surface area contributed by atoms with Crippen molar-refractivity contribution in [2.45, 2.75) is 70.1 Å². The van der Waals surface area contributed by atoms with Gasteiger partial charge in [-0.25, -0.2) is 0 Å². The van der Waals surface area contributed by atoms with Crippen LogP contribution in [0.4, 0.5) is 13.2 Å². The Labute approximate surface area is 196 Å². The highest BCUT2D eigenvalue weighted by atomic mass is 19.4. The Morgan fingerprint density at radius 3 is 2.61 bits per heavy atom. The number of nitrogens with zero attached hydrogens (tertiary/aromatic N) is 2. The summed E-state index contributed by atoms with van der Waals surface area (Å²) in [7, 11) is 2.31. The van der Waals surface area contributed by atoms with Gasteiger partial charge in [0.15, 0.2) is 0 Å². The lowest BCUT2D eigenvalue weighted by molar-refractivity contribution is -0.137. The van der Waals surface area contributed by atoms with Crippen LogP contribution in [0.25, 0.3) is 6.08 Å². The van der Waals surface area contributed by atoms with Crippen LogP contribution < -0.4 is 5.32 Å². The first-order valence-corrected chi connectivity index (χ1v) is 12.3.